The summed E-state index contributed by atoms with van der Waals surface area (Å²) in [4.78, 5) is 30.0. The summed E-state index contributed by atoms with van der Waals surface area (Å²) in [6.07, 6.45) is 4.62. The lowest BCUT2D eigenvalue weighted by Crippen LogP contribution is -2.48. The monoisotopic (exact) mass is 535 g/mol. The van der Waals surface area contributed by atoms with E-state index in [2.05, 4.69) is 19.9 Å². The van der Waals surface area contributed by atoms with Gasteiger partial charge in [-0.05, 0) is 67.7 Å². The summed E-state index contributed by atoms with van der Waals surface area (Å²) in [7, 11) is 0. The van der Waals surface area contributed by atoms with E-state index in [4.69, 9.17) is 16.3 Å². The zero-order chi connectivity index (χ0) is 26.5. The Morgan fingerprint density at radius 3 is 2.62 bits per heavy atom. The maximum atomic E-state index is 13.8. The average molecular weight is 536 g/mol. The Bertz CT molecular complexity index is 1370. The van der Waals surface area contributed by atoms with Crippen molar-refractivity contribution in [2.24, 2.45) is 11.3 Å². The number of benzene rings is 1. The van der Waals surface area contributed by atoms with E-state index in [0.717, 1.165) is 47.4 Å². The molecule has 5 rings (SSSR count). The smallest absolute Gasteiger partial charge is 0.341 e. The highest BCUT2D eigenvalue weighted by molar-refractivity contribution is 7.17. The van der Waals surface area contributed by atoms with E-state index in [1.54, 1.807) is 24.0 Å². The van der Waals surface area contributed by atoms with Crippen molar-refractivity contribution < 1.29 is 14.3 Å². The standard InChI is InChI=1S/C29H30ClN3O3S/c1-4-36-28(35)24-18-7-5-6-8-22(18)37-27(24)33-20-13-29(2,3)14-21(34)25(20)23(19(15-31)26(33)32)16-9-11-17(30)12-10-16/h9-12,19,23,32H,4-8,13-14H2,1-3H3. The van der Waals surface area contributed by atoms with Crippen molar-refractivity contribution >= 4 is 45.5 Å². The number of ketones is 1. The molecule has 1 N–H and O–H groups in total. The van der Waals surface area contributed by atoms with E-state index in [1.165, 1.54) is 11.3 Å². The number of carbonyl (C=O) groups excluding carboxylic acids is 2. The Morgan fingerprint density at radius 1 is 1.24 bits per heavy atom. The number of hydrogen-bond donors (Lipinski definition) is 1. The second-order valence-electron chi connectivity index (χ2n) is 10.8. The van der Waals surface area contributed by atoms with Gasteiger partial charge < -0.3 is 4.74 Å². The van der Waals surface area contributed by atoms with E-state index >= 15 is 0 Å². The topological polar surface area (TPSA) is 94.2 Å². The molecule has 2 aromatic rings. The van der Waals surface area contributed by atoms with Crippen LogP contribution in [0, 0.1) is 28.1 Å². The van der Waals surface area contributed by atoms with Crippen molar-refractivity contribution in [1.29, 1.82) is 10.7 Å². The van der Waals surface area contributed by atoms with Crippen molar-refractivity contribution in [2.45, 2.75) is 65.2 Å². The fraction of sp³-hybridized carbons (Fsp3) is 0.448. The number of hydrogen-bond acceptors (Lipinski definition) is 6. The minimum absolute atomic E-state index is 0.0112. The number of rotatable bonds is 4. The number of allylic oxidation sites excluding steroid dienone is 2. The second-order valence-corrected chi connectivity index (χ2v) is 12.3. The van der Waals surface area contributed by atoms with Gasteiger partial charge in [-0.1, -0.05) is 37.6 Å². The third-order valence-corrected chi connectivity index (χ3v) is 9.08. The van der Waals surface area contributed by atoms with Gasteiger partial charge in [-0.25, -0.2) is 4.79 Å². The maximum absolute atomic E-state index is 13.8. The number of aryl methyl sites for hydroxylation is 1. The van der Waals surface area contributed by atoms with Gasteiger partial charge in [0.1, 0.15) is 16.8 Å². The van der Waals surface area contributed by atoms with Crippen LogP contribution in [0.3, 0.4) is 0 Å². The van der Waals surface area contributed by atoms with Crippen LogP contribution in [0.2, 0.25) is 5.02 Å². The molecular weight excluding hydrogens is 506 g/mol. The van der Waals surface area contributed by atoms with Crippen LogP contribution in [-0.2, 0) is 22.4 Å². The first-order chi connectivity index (χ1) is 17.7. The zero-order valence-electron chi connectivity index (χ0n) is 21.3. The van der Waals surface area contributed by atoms with E-state index < -0.39 is 17.8 Å². The lowest BCUT2D eigenvalue weighted by atomic mass is 9.66. The SMILES string of the molecule is CCOC(=O)c1c(N2C(=N)C(C#N)C(c3ccc(Cl)cc3)C3=C2CC(C)(C)CC3=O)sc2c1CCCC2. The van der Waals surface area contributed by atoms with Crippen molar-refractivity contribution in [3.63, 3.8) is 0 Å². The maximum Gasteiger partial charge on any atom is 0.341 e. The van der Waals surface area contributed by atoms with E-state index in [-0.39, 0.29) is 23.6 Å². The highest BCUT2D eigenvalue weighted by Gasteiger charge is 2.49. The number of halogens is 1. The van der Waals surface area contributed by atoms with Gasteiger partial charge in [-0.3, -0.25) is 15.1 Å². The van der Waals surface area contributed by atoms with Crippen LogP contribution in [0.5, 0.6) is 0 Å². The molecule has 0 saturated carbocycles. The van der Waals surface area contributed by atoms with Crippen molar-refractivity contribution in [2.75, 3.05) is 11.5 Å². The van der Waals surface area contributed by atoms with Gasteiger partial charge in [0.05, 0.1) is 18.2 Å². The van der Waals surface area contributed by atoms with Crippen LogP contribution in [0.1, 0.15) is 78.7 Å². The zero-order valence-corrected chi connectivity index (χ0v) is 22.9. The molecular formula is C29H30ClN3O3S. The molecule has 192 valence electrons. The molecule has 1 aliphatic heterocycles. The number of Topliss-reactive ketones (excluding diaryl/α,β-unsaturated/α-hetero) is 1. The van der Waals surface area contributed by atoms with Gasteiger partial charge >= 0.3 is 5.97 Å². The number of nitrogens with zero attached hydrogens (tertiary/aromatic N) is 2. The Balaban J connectivity index is 1.78. The van der Waals surface area contributed by atoms with E-state index in [9.17, 15) is 20.3 Å². The van der Waals surface area contributed by atoms with Crippen LogP contribution < -0.4 is 4.90 Å². The summed E-state index contributed by atoms with van der Waals surface area (Å²) in [5.41, 5.74) is 3.26. The first kappa shape index (κ1) is 25.7. The Labute approximate surface area is 226 Å². The van der Waals surface area contributed by atoms with E-state index in [0.29, 0.717) is 34.0 Å². The number of thiophene rings is 1. The summed E-state index contributed by atoms with van der Waals surface area (Å²) < 4.78 is 5.48. The Hall–Kier alpha value is -2.95. The quantitative estimate of drug-likeness (QED) is 0.433. The number of anilines is 1. The average Bonchev–Trinajstić information content (AvgIpc) is 3.22. The molecule has 8 heteroatoms. The number of nitrogens with one attached hydrogen (secondary N) is 1. The van der Waals surface area contributed by atoms with Crippen LogP contribution in [-0.4, -0.2) is 24.2 Å². The van der Waals surface area contributed by atoms with Gasteiger partial charge in [0.15, 0.2) is 5.78 Å². The lowest BCUT2D eigenvalue weighted by molar-refractivity contribution is -0.118. The van der Waals surface area contributed by atoms with Crippen LogP contribution in [0.4, 0.5) is 5.00 Å². The minimum Gasteiger partial charge on any atom is -0.462 e. The first-order valence-corrected chi connectivity index (χ1v) is 14.0. The lowest BCUT2D eigenvalue weighted by Gasteiger charge is -2.45. The fourth-order valence-corrected chi connectivity index (χ4v) is 7.52. The van der Waals surface area contributed by atoms with Gasteiger partial charge in [0.2, 0.25) is 0 Å². The van der Waals surface area contributed by atoms with Crippen LogP contribution >= 0.6 is 22.9 Å². The summed E-state index contributed by atoms with van der Waals surface area (Å²) in [6, 6.07) is 9.52. The highest BCUT2D eigenvalue weighted by Crippen LogP contribution is 2.53. The third-order valence-electron chi connectivity index (χ3n) is 7.55. The number of carbonyl (C=O) groups is 2. The molecule has 37 heavy (non-hydrogen) atoms. The summed E-state index contributed by atoms with van der Waals surface area (Å²) in [5.74, 6) is -1.77. The molecule has 0 fully saturated rings. The van der Waals surface area contributed by atoms with Crippen LogP contribution in [0.15, 0.2) is 35.5 Å². The molecule has 1 aromatic carbocycles. The van der Waals surface area contributed by atoms with Crippen molar-refractivity contribution in [3.05, 3.63) is 62.1 Å². The Kier molecular flexibility index (Phi) is 6.76. The number of fused-ring (bicyclic) bond motifs is 1. The molecule has 0 bridgehead atoms. The molecule has 0 spiro atoms. The normalized spacial score (nSPS) is 22.8. The number of nitriles is 1. The summed E-state index contributed by atoms with van der Waals surface area (Å²) in [5, 5.41) is 20.8. The predicted octanol–water partition coefficient (Wildman–Crippen LogP) is 6.82. The molecule has 6 nitrogen and oxygen atoms in total. The molecule has 3 aliphatic rings. The van der Waals surface area contributed by atoms with Crippen LogP contribution in [0.25, 0.3) is 0 Å². The molecule has 0 radical (unpaired) electrons. The highest BCUT2D eigenvalue weighted by atomic mass is 35.5. The predicted molar refractivity (Wildman–Crippen MR) is 145 cm³/mol. The third kappa shape index (κ3) is 4.41. The number of esters is 1. The summed E-state index contributed by atoms with van der Waals surface area (Å²) >= 11 is 7.65. The molecule has 1 aromatic heterocycles. The fourth-order valence-electron chi connectivity index (χ4n) is 5.98. The largest absolute Gasteiger partial charge is 0.462 e. The summed E-state index contributed by atoms with van der Waals surface area (Å²) in [6.45, 7) is 6.13. The van der Waals surface area contributed by atoms with Gasteiger partial charge in [-0.2, -0.15) is 5.26 Å². The van der Waals surface area contributed by atoms with E-state index in [1.807, 2.05) is 12.1 Å². The number of amidine groups is 1. The van der Waals surface area contributed by atoms with Gasteiger partial charge in [0.25, 0.3) is 0 Å². The van der Waals surface area contributed by atoms with Crippen molar-refractivity contribution in [3.8, 4) is 6.07 Å². The molecule has 2 unspecified atom stereocenters. The first-order valence-electron chi connectivity index (χ1n) is 12.8. The van der Waals surface area contributed by atoms with Gasteiger partial charge in [-0.15, -0.1) is 11.3 Å². The Morgan fingerprint density at radius 2 is 1.95 bits per heavy atom. The minimum atomic E-state index is -0.890. The molecule has 0 amide bonds. The molecule has 0 saturated heterocycles. The molecule has 2 heterocycles. The van der Waals surface area contributed by atoms with Gasteiger partial charge in [0, 0.05) is 33.5 Å². The molecule has 2 atom stereocenters. The molecule has 2 aliphatic carbocycles. The second kappa shape index (κ2) is 9.74. The van der Waals surface area contributed by atoms with Crippen molar-refractivity contribution in [1.82, 2.24) is 0 Å². The number of ether oxygens (including phenoxy) is 1.